The second kappa shape index (κ2) is 8.28. The van der Waals surface area contributed by atoms with Crippen LogP contribution in [0.2, 0.25) is 0 Å². The van der Waals surface area contributed by atoms with Crippen molar-refractivity contribution >= 4 is 23.3 Å². The van der Waals surface area contributed by atoms with E-state index in [0.29, 0.717) is 5.69 Å². The van der Waals surface area contributed by atoms with Crippen molar-refractivity contribution in [2.45, 2.75) is 51.1 Å². The van der Waals surface area contributed by atoms with Crippen LogP contribution in [0, 0.1) is 10.1 Å². The SMILES string of the molecule is C[C@@H](Nc1cccc([N+](=O)[O-])c1)C(=O)NC(=O)NC1CCCCC1. The fourth-order valence-electron chi connectivity index (χ4n) is 2.71. The molecule has 2 rings (SSSR count). The van der Waals surface area contributed by atoms with Crippen LogP contribution >= 0.6 is 0 Å². The first kappa shape index (κ1) is 17.7. The Labute approximate surface area is 140 Å². The third-order valence-electron chi connectivity index (χ3n) is 4.01. The molecule has 0 spiro atoms. The molecule has 24 heavy (non-hydrogen) atoms. The minimum absolute atomic E-state index is 0.0670. The van der Waals surface area contributed by atoms with Crippen molar-refractivity contribution in [2.75, 3.05) is 5.32 Å². The van der Waals surface area contributed by atoms with Gasteiger partial charge in [-0.05, 0) is 25.8 Å². The smallest absolute Gasteiger partial charge is 0.321 e. The van der Waals surface area contributed by atoms with E-state index in [1.165, 1.54) is 24.6 Å². The predicted molar refractivity (Wildman–Crippen MR) is 89.7 cm³/mol. The largest absolute Gasteiger partial charge is 0.374 e. The number of carbonyl (C=O) groups is 2. The molecule has 130 valence electrons. The Balaban J connectivity index is 1.84. The van der Waals surface area contributed by atoms with Gasteiger partial charge in [0.05, 0.1) is 4.92 Å². The molecule has 1 aliphatic rings. The van der Waals surface area contributed by atoms with Gasteiger partial charge >= 0.3 is 6.03 Å². The highest BCUT2D eigenvalue weighted by Crippen LogP contribution is 2.18. The Morgan fingerprint density at radius 3 is 2.62 bits per heavy atom. The summed E-state index contributed by atoms with van der Waals surface area (Å²) < 4.78 is 0. The van der Waals surface area contributed by atoms with Crippen molar-refractivity contribution < 1.29 is 14.5 Å². The maximum atomic E-state index is 12.0. The first-order chi connectivity index (χ1) is 11.5. The van der Waals surface area contributed by atoms with E-state index in [9.17, 15) is 19.7 Å². The van der Waals surface area contributed by atoms with Crippen molar-refractivity contribution in [3.8, 4) is 0 Å². The normalized spacial score (nSPS) is 16.0. The van der Waals surface area contributed by atoms with Crippen LogP contribution in [0.15, 0.2) is 24.3 Å². The molecule has 1 aliphatic carbocycles. The van der Waals surface area contributed by atoms with Crippen LogP contribution in [0.3, 0.4) is 0 Å². The number of rotatable bonds is 5. The summed E-state index contributed by atoms with van der Waals surface area (Å²) in [5.41, 5.74) is 0.377. The molecule has 1 atom stereocenters. The maximum Gasteiger partial charge on any atom is 0.321 e. The van der Waals surface area contributed by atoms with Crippen LogP contribution in [0.4, 0.5) is 16.2 Å². The van der Waals surface area contributed by atoms with Crippen LogP contribution in [0.5, 0.6) is 0 Å². The number of anilines is 1. The highest BCUT2D eigenvalue weighted by Gasteiger charge is 2.20. The van der Waals surface area contributed by atoms with E-state index < -0.39 is 22.9 Å². The number of nitrogens with zero attached hydrogens (tertiary/aromatic N) is 1. The average molecular weight is 334 g/mol. The Hall–Kier alpha value is -2.64. The lowest BCUT2D eigenvalue weighted by Gasteiger charge is -2.23. The van der Waals surface area contributed by atoms with Crippen LogP contribution in [0.25, 0.3) is 0 Å². The number of amides is 3. The molecule has 0 bridgehead atoms. The summed E-state index contributed by atoms with van der Waals surface area (Å²) in [6.45, 7) is 1.59. The van der Waals surface area contributed by atoms with E-state index in [4.69, 9.17) is 0 Å². The third kappa shape index (κ3) is 5.22. The zero-order chi connectivity index (χ0) is 17.5. The fourth-order valence-corrected chi connectivity index (χ4v) is 2.71. The van der Waals surface area contributed by atoms with Crippen LogP contribution in [-0.2, 0) is 4.79 Å². The molecule has 3 N–H and O–H groups in total. The second-order valence-corrected chi connectivity index (χ2v) is 5.97. The lowest BCUT2D eigenvalue weighted by molar-refractivity contribution is -0.384. The minimum Gasteiger partial charge on any atom is -0.374 e. The highest BCUT2D eigenvalue weighted by atomic mass is 16.6. The molecule has 0 heterocycles. The summed E-state index contributed by atoms with van der Waals surface area (Å²) in [6.07, 6.45) is 5.22. The van der Waals surface area contributed by atoms with Gasteiger partial charge in [0.2, 0.25) is 5.91 Å². The molecule has 0 aromatic heterocycles. The number of hydrogen-bond acceptors (Lipinski definition) is 5. The molecule has 1 aromatic rings. The van der Waals surface area contributed by atoms with Gasteiger partial charge in [0.1, 0.15) is 6.04 Å². The molecule has 0 unspecified atom stereocenters. The van der Waals surface area contributed by atoms with Crippen molar-refractivity contribution in [1.82, 2.24) is 10.6 Å². The van der Waals surface area contributed by atoms with Gasteiger partial charge in [-0.2, -0.15) is 0 Å². The highest BCUT2D eigenvalue weighted by molar-refractivity contribution is 5.98. The standard InChI is InChI=1S/C16H22N4O4/c1-11(17-13-8-5-9-14(10-13)20(23)24)15(21)19-16(22)18-12-6-3-2-4-7-12/h5,8-12,17H,2-4,6-7H2,1H3,(H2,18,19,21,22)/t11-/m1/s1. The molecular formula is C16H22N4O4. The van der Waals surface area contributed by atoms with Crippen molar-refractivity contribution in [3.05, 3.63) is 34.4 Å². The maximum absolute atomic E-state index is 12.0. The van der Waals surface area contributed by atoms with E-state index in [1.54, 1.807) is 13.0 Å². The lowest BCUT2D eigenvalue weighted by Crippen LogP contribution is -2.49. The first-order valence-electron chi connectivity index (χ1n) is 8.08. The quantitative estimate of drug-likeness (QED) is 0.565. The van der Waals surface area contributed by atoms with Gasteiger partial charge in [0.25, 0.3) is 5.69 Å². The predicted octanol–water partition coefficient (Wildman–Crippen LogP) is 2.55. The van der Waals surface area contributed by atoms with Gasteiger partial charge in [-0.15, -0.1) is 0 Å². The van der Waals surface area contributed by atoms with Crippen LogP contribution < -0.4 is 16.0 Å². The molecule has 8 nitrogen and oxygen atoms in total. The monoisotopic (exact) mass is 334 g/mol. The Bertz CT molecular complexity index is 614. The number of hydrogen-bond donors (Lipinski definition) is 3. The first-order valence-corrected chi connectivity index (χ1v) is 8.08. The molecule has 0 saturated heterocycles. The average Bonchev–Trinajstić information content (AvgIpc) is 2.55. The number of nitro benzene ring substituents is 1. The number of carbonyl (C=O) groups excluding carboxylic acids is 2. The number of nitro groups is 1. The van der Waals surface area contributed by atoms with Gasteiger partial charge in [0.15, 0.2) is 0 Å². The zero-order valence-electron chi connectivity index (χ0n) is 13.6. The molecule has 8 heteroatoms. The minimum atomic E-state index is -0.705. The molecule has 0 aliphatic heterocycles. The van der Waals surface area contributed by atoms with Crippen LogP contribution in [-0.4, -0.2) is 28.9 Å². The molecule has 3 amide bonds. The van der Waals surface area contributed by atoms with Gasteiger partial charge in [-0.25, -0.2) is 4.79 Å². The fraction of sp³-hybridized carbons (Fsp3) is 0.500. The molecule has 0 radical (unpaired) electrons. The Kier molecular flexibility index (Phi) is 6.11. The van der Waals surface area contributed by atoms with E-state index in [2.05, 4.69) is 16.0 Å². The summed E-state index contributed by atoms with van der Waals surface area (Å²) in [6, 6.07) is 4.77. The lowest BCUT2D eigenvalue weighted by atomic mass is 9.96. The Morgan fingerprint density at radius 1 is 1.25 bits per heavy atom. The van der Waals surface area contributed by atoms with E-state index >= 15 is 0 Å². The number of nitrogens with one attached hydrogen (secondary N) is 3. The third-order valence-corrected chi connectivity index (χ3v) is 4.01. The van der Waals surface area contributed by atoms with E-state index in [0.717, 1.165) is 25.7 Å². The number of urea groups is 1. The van der Waals surface area contributed by atoms with Gasteiger partial charge < -0.3 is 10.6 Å². The molecule has 1 aromatic carbocycles. The number of benzene rings is 1. The number of non-ortho nitro benzene ring substituents is 1. The second-order valence-electron chi connectivity index (χ2n) is 5.97. The Morgan fingerprint density at radius 2 is 1.96 bits per heavy atom. The summed E-state index contributed by atoms with van der Waals surface area (Å²) in [4.78, 5) is 34.2. The van der Waals surface area contributed by atoms with Crippen molar-refractivity contribution in [3.63, 3.8) is 0 Å². The molecule has 1 fully saturated rings. The van der Waals surface area contributed by atoms with Crippen molar-refractivity contribution in [1.29, 1.82) is 0 Å². The summed E-state index contributed by atoms with van der Waals surface area (Å²) in [5, 5.41) is 18.7. The van der Waals surface area contributed by atoms with Gasteiger partial charge in [-0.3, -0.25) is 20.2 Å². The topological polar surface area (TPSA) is 113 Å². The summed E-state index contributed by atoms with van der Waals surface area (Å²) in [7, 11) is 0. The van der Waals surface area contributed by atoms with E-state index in [-0.39, 0.29) is 11.7 Å². The van der Waals surface area contributed by atoms with E-state index in [1.807, 2.05) is 0 Å². The van der Waals surface area contributed by atoms with Gasteiger partial charge in [0, 0.05) is 23.9 Å². The molecular weight excluding hydrogens is 312 g/mol. The zero-order valence-corrected chi connectivity index (χ0v) is 13.6. The number of imide groups is 1. The van der Waals surface area contributed by atoms with Gasteiger partial charge in [-0.1, -0.05) is 25.3 Å². The summed E-state index contributed by atoms with van der Waals surface area (Å²) in [5.74, 6) is -0.491. The summed E-state index contributed by atoms with van der Waals surface area (Å²) >= 11 is 0. The molecule has 1 saturated carbocycles. The van der Waals surface area contributed by atoms with Crippen molar-refractivity contribution in [2.24, 2.45) is 0 Å². The van der Waals surface area contributed by atoms with Crippen LogP contribution in [0.1, 0.15) is 39.0 Å².